The van der Waals surface area contributed by atoms with Gasteiger partial charge in [0.25, 0.3) is 0 Å². The van der Waals surface area contributed by atoms with E-state index in [0.29, 0.717) is 11.9 Å². The van der Waals surface area contributed by atoms with Crippen LogP contribution in [0.4, 0.5) is 5.88 Å². The maximum absolute atomic E-state index is 5.44. The molecule has 0 spiro atoms. The molecule has 13 heavy (non-hydrogen) atoms. The summed E-state index contributed by atoms with van der Waals surface area (Å²) in [5, 5.41) is 3.89. The summed E-state index contributed by atoms with van der Waals surface area (Å²) in [6.07, 6.45) is 3.50. The fraction of sp³-hybridized carbons (Fsp3) is 0.667. The number of nitrogens with zero attached hydrogens (tertiary/aromatic N) is 2. The summed E-state index contributed by atoms with van der Waals surface area (Å²) in [5.74, 6) is 0.413. The Morgan fingerprint density at radius 2 is 2.62 bits per heavy atom. The Hall–Kier alpha value is -1.03. The van der Waals surface area contributed by atoms with Gasteiger partial charge in [-0.05, 0) is 26.4 Å². The van der Waals surface area contributed by atoms with E-state index in [1.165, 1.54) is 19.4 Å². The maximum Gasteiger partial charge on any atom is 0.222 e. The average molecular weight is 181 g/mol. The van der Waals surface area contributed by atoms with Crippen molar-refractivity contribution in [2.75, 3.05) is 19.3 Å². The molecule has 0 saturated carbocycles. The smallest absolute Gasteiger partial charge is 0.222 e. The first kappa shape index (κ1) is 8.56. The lowest BCUT2D eigenvalue weighted by atomic mass is 10.1. The lowest BCUT2D eigenvalue weighted by molar-refractivity contribution is 0.303. The normalized spacial score (nSPS) is 23.9. The number of likely N-dealkylation sites (tertiary alicyclic amines) is 1. The van der Waals surface area contributed by atoms with Crippen molar-refractivity contribution < 1.29 is 4.52 Å². The van der Waals surface area contributed by atoms with Crippen LogP contribution in [0.2, 0.25) is 0 Å². The van der Waals surface area contributed by atoms with E-state index in [2.05, 4.69) is 17.1 Å². The highest BCUT2D eigenvalue weighted by Crippen LogP contribution is 2.19. The van der Waals surface area contributed by atoms with E-state index >= 15 is 0 Å². The largest absolute Gasteiger partial charge is 0.368 e. The van der Waals surface area contributed by atoms with E-state index in [9.17, 15) is 0 Å². The molecular formula is C9H15N3O. The molecule has 0 amide bonds. The van der Waals surface area contributed by atoms with Crippen molar-refractivity contribution in [1.82, 2.24) is 10.1 Å². The number of aromatic nitrogens is 1. The highest BCUT2D eigenvalue weighted by atomic mass is 16.5. The van der Waals surface area contributed by atoms with Crippen molar-refractivity contribution in [3.05, 3.63) is 11.8 Å². The van der Waals surface area contributed by atoms with E-state index in [4.69, 9.17) is 10.3 Å². The van der Waals surface area contributed by atoms with Crippen LogP contribution in [0.5, 0.6) is 0 Å². The van der Waals surface area contributed by atoms with Crippen LogP contribution < -0.4 is 5.73 Å². The summed E-state index contributed by atoms with van der Waals surface area (Å²) in [6.45, 7) is 1.19. The zero-order valence-electron chi connectivity index (χ0n) is 7.86. The molecule has 4 nitrogen and oxygen atoms in total. The van der Waals surface area contributed by atoms with Crippen molar-refractivity contribution in [1.29, 1.82) is 0 Å². The Kier molecular flexibility index (Phi) is 2.22. The van der Waals surface area contributed by atoms with Gasteiger partial charge in [-0.25, -0.2) is 0 Å². The molecule has 1 aromatic rings. The minimum Gasteiger partial charge on any atom is -0.368 e. The van der Waals surface area contributed by atoms with E-state index in [0.717, 1.165) is 12.1 Å². The monoisotopic (exact) mass is 181 g/mol. The van der Waals surface area contributed by atoms with Gasteiger partial charge in [-0.15, -0.1) is 0 Å². The molecule has 1 aliphatic heterocycles. The van der Waals surface area contributed by atoms with Crippen LogP contribution in [0.1, 0.15) is 18.5 Å². The first-order valence-electron chi connectivity index (χ1n) is 4.67. The third kappa shape index (κ3) is 1.83. The Bertz CT molecular complexity index is 284. The zero-order valence-corrected chi connectivity index (χ0v) is 7.86. The van der Waals surface area contributed by atoms with Crippen LogP contribution in [0.15, 0.2) is 10.6 Å². The SMILES string of the molecule is CN1CCCC1Cc1cc(N)on1. The summed E-state index contributed by atoms with van der Waals surface area (Å²) >= 11 is 0. The molecule has 1 fully saturated rings. The molecule has 1 saturated heterocycles. The van der Waals surface area contributed by atoms with E-state index < -0.39 is 0 Å². The quantitative estimate of drug-likeness (QED) is 0.736. The summed E-state index contributed by atoms with van der Waals surface area (Å²) < 4.78 is 4.82. The van der Waals surface area contributed by atoms with Gasteiger partial charge in [-0.2, -0.15) is 0 Å². The van der Waals surface area contributed by atoms with Gasteiger partial charge in [0.05, 0.1) is 5.69 Å². The summed E-state index contributed by atoms with van der Waals surface area (Å²) in [5.41, 5.74) is 6.41. The highest BCUT2D eigenvalue weighted by molar-refractivity contribution is 5.24. The molecule has 2 rings (SSSR count). The van der Waals surface area contributed by atoms with Gasteiger partial charge in [0.2, 0.25) is 5.88 Å². The van der Waals surface area contributed by atoms with Crippen molar-refractivity contribution in [3.63, 3.8) is 0 Å². The van der Waals surface area contributed by atoms with Crippen molar-refractivity contribution in [2.45, 2.75) is 25.3 Å². The first-order valence-corrected chi connectivity index (χ1v) is 4.67. The first-order chi connectivity index (χ1) is 6.25. The predicted octanol–water partition coefficient (Wildman–Crippen LogP) is 0.893. The number of likely N-dealkylation sites (N-methyl/N-ethyl adjacent to an activating group) is 1. The lowest BCUT2D eigenvalue weighted by Gasteiger charge is -2.17. The summed E-state index contributed by atoms with van der Waals surface area (Å²) in [6, 6.07) is 2.43. The number of anilines is 1. The molecule has 1 aliphatic rings. The van der Waals surface area contributed by atoms with Crippen molar-refractivity contribution in [3.8, 4) is 0 Å². The standard InChI is InChI=1S/C9H15N3O/c1-12-4-2-3-8(12)5-7-6-9(10)13-11-7/h6,8H,2-5,10H2,1H3. The molecule has 2 N–H and O–H groups in total. The van der Waals surface area contributed by atoms with Crippen molar-refractivity contribution >= 4 is 5.88 Å². The van der Waals surface area contributed by atoms with Gasteiger partial charge in [0, 0.05) is 18.5 Å². The Balaban J connectivity index is 1.97. The minimum absolute atomic E-state index is 0.413. The van der Waals surface area contributed by atoms with Crippen LogP contribution in [0.3, 0.4) is 0 Å². The van der Waals surface area contributed by atoms with Gasteiger partial charge in [-0.1, -0.05) is 5.16 Å². The van der Waals surface area contributed by atoms with E-state index in [1.807, 2.05) is 6.07 Å². The number of hydrogen-bond donors (Lipinski definition) is 1. The van der Waals surface area contributed by atoms with Crippen molar-refractivity contribution in [2.24, 2.45) is 0 Å². The van der Waals surface area contributed by atoms with Gasteiger partial charge < -0.3 is 15.2 Å². The van der Waals surface area contributed by atoms with E-state index in [-0.39, 0.29) is 0 Å². The molecule has 0 bridgehead atoms. The third-order valence-corrected chi connectivity index (χ3v) is 2.69. The maximum atomic E-state index is 5.44. The topological polar surface area (TPSA) is 55.3 Å². The molecule has 72 valence electrons. The minimum atomic E-state index is 0.413. The van der Waals surface area contributed by atoms with Crippen LogP contribution in [0, 0.1) is 0 Å². The van der Waals surface area contributed by atoms with Crippen LogP contribution >= 0.6 is 0 Å². The molecule has 1 aromatic heterocycles. The number of nitrogen functional groups attached to an aromatic ring is 1. The Morgan fingerprint density at radius 3 is 3.15 bits per heavy atom. The lowest BCUT2D eigenvalue weighted by Crippen LogP contribution is -2.26. The Labute approximate surface area is 77.7 Å². The molecule has 0 aromatic carbocycles. The molecule has 1 unspecified atom stereocenters. The van der Waals surface area contributed by atoms with Crippen LogP contribution in [-0.2, 0) is 6.42 Å². The number of rotatable bonds is 2. The molecule has 0 radical (unpaired) electrons. The van der Waals surface area contributed by atoms with Gasteiger partial charge in [-0.3, -0.25) is 0 Å². The summed E-state index contributed by atoms with van der Waals surface area (Å²) in [7, 11) is 2.15. The fourth-order valence-electron chi connectivity index (χ4n) is 1.90. The zero-order chi connectivity index (χ0) is 9.26. The van der Waals surface area contributed by atoms with Gasteiger partial charge in [0.15, 0.2) is 0 Å². The van der Waals surface area contributed by atoms with Crippen LogP contribution in [0.25, 0.3) is 0 Å². The second-order valence-electron chi connectivity index (χ2n) is 3.70. The Morgan fingerprint density at radius 1 is 1.77 bits per heavy atom. The number of nitrogens with two attached hydrogens (primary N) is 1. The molecule has 1 atom stereocenters. The van der Waals surface area contributed by atoms with E-state index in [1.54, 1.807) is 0 Å². The summed E-state index contributed by atoms with van der Waals surface area (Å²) in [4.78, 5) is 2.37. The van der Waals surface area contributed by atoms with Gasteiger partial charge >= 0.3 is 0 Å². The third-order valence-electron chi connectivity index (χ3n) is 2.69. The second kappa shape index (κ2) is 3.38. The molecule has 2 heterocycles. The average Bonchev–Trinajstić information content (AvgIpc) is 2.64. The highest BCUT2D eigenvalue weighted by Gasteiger charge is 2.22. The molecule has 0 aliphatic carbocycles. The molecular weight excluding hydrogens is 166 g/mol. The second-order valence-corrected chi connectivity index (χ2v) is 3.70. The van der Waals surface area contributed by atoms with Gasteiger partial charge in [0.1, 0.15) is 0 Å². The predicted molar refractivity (Wildman–Crippen MR) is 50.3 cm³/mol. The molecule has 4 heteroatoms. The fourth-order valence-corrected chi connectivity index (χ4v) is 1.90. The number of hydrogen-bond acceptors (Lipinski definition) is 4. The van der Waals surface area contributed by atoms with Crippen LogP contribution in [-0.4, -0.2) is 29.7 Å².